The molecule has 1 N–H and O–H groups in total. The lowest BCUT2D eigenvalue weighted by Gasteiger charge is -2.22. The summed E-state index contributed by atoms with van der Waals surface area (Å²) in [7, 11) is 2.04. The van der Waals surface area contributed by atoms with Crippen molar-refractivity contribution in [2.24, 2.45) is 5.92 Å². The fourth-order valence-corrected chi connectivity index (χ4v) is 1.94. The molecule has 1 rings (SSSR count). The molecule has 0 aromatic heterocycles. The minimum absolute atomic E-state index is 0.594. The lowest BCUT2D eigenvalue weighted by Crippen LogP contribution is -2.31. The molecular weight excluding hydrogens is 182 g/mol. The topological polar surface area (TPSA) is 12.0 Å². The van der Waals surface area contributed by atoms with Gasteiger partial charge in [-0.05, 0) is 38.8 Å². The predicted molar refractivity (Wildman–Crippen MR) is 67.2 cm³/mol. The Bertz CT molecular complexity index is 276. The smallest absolute Gasteiger partial charge is 0.00670 e. The highest BCUT2D eigenvalue weighted by Gasteiger charge is 2.13. The van der Waals surface area contributed by atoms with Crippen molar-refractivity contribution in [3.63, 3.8) is 0 Å². The zero-order valence-electron chi connectivity index (χ0n) is 10.4. The van der Waals surface area contributed by atoms with E-state index in [-0.39, 0.29) is 0 Å². The second kappa shape index (κ2) is 5.92. The third kappa shape index (κ3) is 3.67. The van der Waals surface area contributed by atoms with Crippen molar-refractivity contribution in [1.82, 2.24) is 5.32 Å². The lowest BCUT2D eigenvalue weighted by molar-refractivity contribution is 0.381. The Morgan fingerprint density at radius 2 is 1.80 bits per heavy atom. The van der Waals surface area contributed by atoms with Crippen molar-refractivity contribution in [2.45, 2.75) is 39.7 Å². The fourth-order valence-electron chi connectivity index (χ4n) is 1.94. The van der Waals surface area contributed by atoms with Crippen molar-refractivity contribution >= 4 is 0 Å². The lowest BCUT2D eigenvalue weighted by atomic mass is 9.90. The van der Waals surface area contributed by atoms with Gasteiger partial charge in [-0.3, -0.25) is 0 Å². The SMILES string of the molecule is CCC(Cc1ccc(C)cc1)C(C)NC. The maximum atomic E-state index is 3.35. The van der Waals surface area contributed by atoms with Crippen molar-refractivity contribution in [1.29, 1.82) is 0 Å². The quantitative estimate of drug-likeness (QED) is 0.778. The molecule has 15 heavy (non-hydrogen) atoms. The Morgan fingerprint density at radius 3 is 2.27 bits per heavy atom. The van der Waals surface area contributed by atoms with Crippen LogP contribution in [0.4, 0.5) is 0 Å². The van der Waals surface area contributed by atoms with Gasteiger partial charge in [0.25, 0.3) is 0 Å². The molecule has 0 aliphatic carbocycles. The molecule has 84 valence electrons. The standard InChI is InChI=1S/C14H23N/c1-5-14(12(3)15-4)10-13-8-6-11(2)7-9-13/h6-9,12,14-15H,5,10H2,1-4H3. The van der Waals surface area contributed by atoms with Gasteiger partial charge in [0.15, 0.2) is 0 Å². The van der Waals surface area contributed by atoms with Crippen LogP contribution in [0.1, 0.15) is 31.4 Å². The molecule has 1 nitrogen and oxygen atoms in total. The first-order chi connectivity index (χ1) is 7.17. The summed E-state index contributed by atoms with van der Waals surface area (Å²) in [6.07, 6.45) is 2.41. The zero-order valence-corrected chi connectivity index (χ0v) is 10.4. The normalized spacial score (nSPS) is 14.9. The molecule has 0 amide bonds. The molecule has 0 aliphatic heterocycles. The largest absolute Gasteiger partial charge is 0.317 e. The second-order valence-electron chi connectivity index (χ2n) is 4.44. The summed E-state index contributed by atoms with van der Waals surface area (Å²) in [5.74, 6) is 0.734. The van der Waals surface area contributed by atoms with Crippen molar-refractivity contribution in [3.05, 3.63) is 35.4 Å². The highest BCUT2D eigenvalue weighted by Crippen LogP contribution is 2.16. The Kier molecular flexibility index (Phi) is 4.83. The van der Waals surface area contributed by atoms with E-state index in [4.69, 9.17) is 0 Å². The monoisotopic (exact) mass is 205 g/mol. The van der Waals surface area contributed by atoms with E-state index in [9.17, 15) is 0 Å². The molecule has 0 aliphatic rings. The van der Waals surface area contributed by atoms with Crippen LogP contribution in [0.5, 0.6) is 0 Å². The Morgan fingerprint density at radius 1 is 1.20 bits per heavy atom. The number of aryl methyl sites for hydroxylation is 1. The van der Waals surface area contributed by atoms with E-state index in [0.29, 0.717) is 6.04 Å². The number of hydrogen-bond donors (Lipinski definition) is 1. The van der Waals surface area contributed by atoms with Gasteiger partial charge in [-0.25, -0.2) is 0 Å². The molecule has 0 heterocycles. The average Bonchev–Trinajstić information content (AvgIpc) is 2.27. The van der Waals surface area contributed by atoms with E-state index in [1.54, 1.807) is 0 Å². The first-order valence-corrected chi connectivity index (χ1v) is 5.90. The van der Waals surface area contributed by atoms with Crippen LogP contribution in [0.3, 0.4) is 0 Å². The minimum atomic E-state index is 0.594. The molecule has 1 aromatic carbocycles. The Balaban J connectivity index is 2.62. The number of rotatable bonds is 5. The van der Waals surface area contributed by atoms with Crippen molar-refractivity contribution in [2.75, 3.05) is 7.05 Å². The summed E-state index contributed by atoms with van der Waals surface area (Å²) in [6.45, 7) is 6.67. The summed E-state index contributed by atoms with van der Waals surface area (Å²) in [4.78, 5) is 0. The molecule has 0 saturated heterocycles. The number of hydrogen-bond acceptors (Lipinski definition) is 1. The van der Waals surface area contributed by atoms with Gasteiger partial charge in [0.1, 0.15) is 0 Å². The molecule has 0 bridgehead atoms. The molecule has 2 atom stereocenters. The first-order valence-electron chi connectivity index (χ1n) is 5.90. The zero-order chi connectivity index (χ0) is 11.3. The van der Waals surface area contributed by atoms with E-state index in [0.717, 1.165) is 5.92 Å². The van der Waals surface area contributed by atoms with Gasteiger partial charge in [-0.1, -0.05) is 43.2 Å². The van der Waals surface area contributed by atoms with Crippen LogP contribution in [0, 0.1) is 12.8 Å². The molecule has 0 saturated carbocycles. The van der Waals surface area contributed by atoms with Crippen LogP contribution >= 0.6 is 0 Å². The van der Waals surface area contributed by atoms with Gasteiger partial charge in [0.2, 0.25) is 0 Å². The van der Waals surface area contributed by atoms with Crippen LogP contribution in [-0.2, 0) is 6.42 Å². The Labute approximate surface area is 93.9 Å². The molecule has 0 fully saturated rings. The number of benzene rings is 1. The third-order valence-corrected chi connectivity index (χ3v) is 3.31. The van der Waals surface area contributed by atoms with Crippen molar-refractivity contribution < 1.29 is 0 Å². The molecule has 1 aromatic rings. The summed E-state index contributed by atoms with van der Waals surface area (Å²) in [5.41, 5.74) is 2.79. The first kappa shape index (κ1) is 12.3. The fraction of sp³-hybridized carbons (Fsp3) is 0.571. The van der Waals surface area contributed by atoms with Crippen LogP contribution in [0.2, 0.25) is 0 Å². The van der Waals surface area contributed by atoms with Gasteiger partial charge < -0.3 is 5.32 Å². The molecule has 1 heteroatoms. The molecule has 0 spiro atoms. The van der Waals surface area contributed by atoms with Crippen LogP contribution in [0.15, 0.2) is 24.3 Å². The van der Waals surface area contributed by atoms with Gasteiger partial charge in [0, 0.05) is 6.04 Å². The van der Waals surface area contributed by atoms with Crippen molar-refractivity contribution in [3.8, 4) is 0 Å². The summed E-state index contributed by atoms with van der Waals surface area (Å²) >= 11 is 0. The van der Waals surface area contributed by atoms with Crippen LogP contribution < -0.4 is 5.32 Å². The van der Waals surface area contributed by atoms with Gasteiger partial charge in [-0.2, -0.15) is 0 Å². The second-order valence-corrected chi connectivity index (χ2v) is 4.44. The van der Waals surface area contributed by atoms with Gasteiger partial charge in [0.05, 0.1) is 0 Å². The summed E-state index contributed by atoms with van der Waals surface area (Å²) in [6, 6.07) is 9.50. The summed E-state index contributed by atoms with van der Waals surface area (Å²) < 4.78 is 0. The van der Waals surface area contributed by atoms with Gasteiger partial charge in [-0.15, -0.1) is 0 Å². The maximum absolute atomic E-state index is 3.35. The average molecular weight is 205 g/mol. The third-order valence-electron chi connectivity index (χ3n) is 3.31. The van der Waals surface area contributed by atoms with E-state index >= 15 is 0 Å². The van der Waals surface area contributed by atoms with Crippen LogP contribution in [-0.4, -0.2) is 13.1 Å². The summed E-state index contributed by atoms with van der Waals surface area (Å²) in [5, 5.41) is 3.35. The van der Waals surface area contributed by atoms with E-state index in [1.165, 1.54) is 24.0 Å². The van der Waals surface area contributed by atoms with E-state index < -0.39 is 0 Å². The maximum Gasteiger partial charge on any atom is 0.00670 e. The minimum Gasteiger partial charge on any atom is -0.317 e. The predicted octanol–water partition coefficient (Wildman–Crippen LogP) is 3.17. The van der Waals surface area contributed by atoms with E-state index in [2.05, 4.69) is 50.4 Å². The molecular formula is C14H23N. The van der Waals surface area contributed by atoms with E-state index in [1.807, 2.05) is 7.05 Å². The van der Waals surface area contributed by atoms with Gasteiger partial charge >= 0.3 is 0 Å². The highest BCUT2D eigenvalue weighted by molar-refractivity contribution is 5.21. The highest BCUT2D eigenvalue weighted by atomic mass is 14.9. The Hall–Kier alpha value is -0.820. The number of nitrogens with one attached hydrogen (secondary N) is 1. The van der Waals surface area contributed by atoms with Crippen LogP contribution in [0.25, 0.3) is 0 Å². The molecule has 2 unspecified atom stereocenters. The molecule has 0 radical (unpaired) electrons.